The molecule has 0 aromatic heterocycles. The van der Waals surface area contributed by atoms with Gasteiger partial charge in [0.1, 0.15) is 6.61 Å². The lowest BCUT2D eigenvalue weighted by molar-refractivity contribution is -0.161. The van der Waals surface area contributed by atoms with Gasteiger partial charge in [-0.3, -0.25) is 9.59 Å². The summed E-state index contributed by atoms with van der Waals surface area (Å²) in [5.41, 5.74) is 0. The van der Waals surface area contributed by atoms with E-state index in [4.69, 9.17) is 9.47 Å². The van der Waals surface area contributed by atoms with Gasteiger partial charge < -0.3 is 14.6 Å². The Labute approximate surface area is 312 Å². The number of aliphatic hydroxyl groups is 1. The lowest BCUT2D eigenvalue weighted by Gasteiger charge is -2.15. The standard InChI is InChI=1S/C45H88O5/c1-5-41(3)35-31-27-23-19-15-13-11-9-7-8-10-12-14-16-22-26-30-34-38-45(48)50-43(39-46)40-49-44(47)37-33-29-25-21-18-17-20-24-28-32-36-42(4)6-2/h41-43,46H,5-40H2,1-4H3/t41?,42?,43-/m0/s1. The first-order valence-corrected chi connectivity index (χ1v) is 22.4. The maximum Gasteiger partial charge on any atom is 0.306 e. The van der Waals surface area contributed by atoms with E-state index in [1.165, 1.54) is 167 Å². The molecule has 0 fully saturated rings. The number of hydrogen-bond acceptors (Lipinski definition) is 5. The van der Waals surface area contributed by atoms with Crippen LogP contribution in [0.1, 0.15) is 246 Å². The molecule has 0 aromatic carbocycles. The van der Waals surface area contributed by atoms with Gasteiger partial charge in [-0.1, -0.05) is 220 Å². The van der Waals surface area contributed by atoms with Gasteiger partial charge in [0, 0.05) is 12.8 Å². The predicted octanol–water partition coefficient (Wildman–Crippen LogP) is 14.0. The molecule has 3 atom stereocenters. The maximum atomic E-state index is 12.2. The molecule has 0 bridgehead atoms. The number of unbranched alkanes of at least 4 members (excludes halogenated alkanes) is 26. The Balaban J connectivity index is 3.46. The highest BCUT2D eigenvalue weighted by molar-refractivity contribution is 5.70. The van der Waals surface area contributed by atoms with Crippen molar-refractivity contribution in [3.05, 3.63) is 0 Å². The molecule has 0 spiro atoms. The number of carbonyl (C=O) groups is 2. The molecule has 0 aromatic rings. The molecule has 0 heterocycles. The fourth-order valence-corrected chi connectivity index (χ4v) is 6.80. The molecular formula is C45H88O5. The minimum atomic E-state index is -0.763. The van der Waals surface area contributed by atoms with Crippen molar-refractivity contribution in [2.75, 3.05) is 13.2 Å². The minimum Gasteiger partial charge on any atom is -0.462 e. The van der Waals surface area contributed by atoms with Crippen molar-refractivity contribution in [1.82, 2.24) is 0 Å². The van der Waals surface area contributed by atoms with Crippen LogP contribution < -0.4 is 0 Å². The lowest BCUT2D eigenvalue weighted by Crippen LogP contribution is -2.28. The molecule has 0 radical (unpaired) electrons. The fraction of sp³-hybridized carbons (Fsp3) is 0.956. The van der Waals surface area contributed by atoms with Crippen LogP contribution in [0.15, 0.2) is 0 Å². The molecule has 0 amide bonds. The van der Waals surface area contributed by atoms with E-state index >= 15 is 0 Å². The Hall–Kier alpha value is -1.10. The Morgan fingerprint density at radius 1 is 0.440 bits per heavy atom. The van der Waals surface area contributed by atoms with E-state index in [1.54, 1.807) is 0 Å². The van der Waals surface area contributed by atoms with Crippen LogP contribution >= 0.6 is 0 Å². The summed E-state index contributed by atoms with van der Waals surface area (Å²) in [5, 5.41) is 9.58. The summed E-state index contributed by atoms with van der Waals surface area (Å²) in [6.45, 7) is 8.94. The van der Waals surface area contributed by atoms with Crippen LogP contribution in [0.25, 0.3) is 0 Å². The van der Waals surface area contributed by atoms with Crippen molar-refractivity contribution < 1.29 is 24.2 Å². The van der Waals surface area contributed by atoms with Crippen LogP contribution in [0.5, 0.6) is 0 Å². The molecule has 5 heteroatoms. The van der Waals surface area contributed by atoms with Gasteiger partial charge in [-0.25, -0.2) is 0 Å². The molecule has 5 nitrogen and oxygen atoms in total. The third-order valence-corrected chi connectivity index (χ3v) is 11.0. The quantitative estimate of drug-likeness (QED) is 0.0507. The van der Waals surface area contributed by atoms with Gasteiger partial charge >= 0.3 is 11.9 Å². The summed E-state index contributed by atoms with van der Waals surface area (Å²) in [6, 6.07) is 0. The van der Waals surface area contributed by atoms with Gasteiger partial charge in [-0.2, -0.15) is 0 Å². The summed E-state index contributed by atoms with van der Waals surface area (Å²) >= 11 is 0. The van der Waals surface area contributed by atoms with Crippen molar-refractivity contribution in [2.24, 2.45) is 11.8 Å². The number of hydrogen-bond donors (Lipinski definition) is 1. The Morgan fingerprint density at radius 3 is 1.02 bits per heavy atom. The van der Waals surface area contributed by atoms with Crippen molar-refractivity contribution in [1.29, 1.82) is 0 Å². The summed E-state index contributed by atoms with van der Waals surface area (Å²) in [7, 11) is 0. The van der Waals surface area contributed by atoms with E-state index in [-0.39, 0.29) is 25.2 Å². The molecule has 298 valence electrons. The monoisotopic (exact) mass is 709 g/mol. The predicted molar refractivity (Wildman–Crippen MR) is 215 cm³/mol. The first-order chi connectivity index (χ1) is 24.4. The molecular weight excluding hydrogens is 620 g/mol. The first kappa shape index (κ1) is 48.9. The summed E-state index contributed by atoms with van der Waals surface area (Å²) < 4.78 is 10.6. The SMILES string of the molecule is CCC(C)CCCCCCCCCCCCCCCCCCCCC(=O)O[C@@H](CO)COC(=O)CCCCCCCCCCCCC(C)CC. The van der Waals surface area contributed by atoms with Crippen molar-refractivity contribution in [3.63, 3.8) is 0 Å². The third kappa shape index (κ3) is 36.7. The Morgan fingerprint density at radius 2 is 0.720 bits per heavy atom. The third-order valence-electron chi connectivity index (χ3n) is 11.0. The normalized spacial score (nSPS) is 13.3. The molecule has 0 saturated heterocycles. The van der Waals surface area contributed by atoms with E-state index in [0.29, 0.717) is 12.8 Å². The van der Waals surface area contributed by atoms with E-state index < -0.39 is 6.10 Å². The molecule has 0 aliphatic carbocycles. The van der Waals surface area contributed by atoms with Crippen LogP contribution in [-0.2, 0) is 19.1 Å². The second-order valence-electron chi connectivity index (χ2n) is 16.0. The Bertz CT molecular complexity index is 710. The lowest BCUT2D eigenvalue weighted by atomic mass is 9.99. The van der Waals surface area contributed by atoms with Crippen molar-refractivity contribution in [2.45, 2.75) is 252 Å². The molecule has 0 rings (SSSR count). The van der Waals surface area contributed by atoms with E-state index in [1.807, 2.05) is 0 Å². The number of aliphatic hydroxyl groups excluding tert-OH is 1. The molecule has 0 aliphatic rings. The Kier molecular flexibility index (Phi) is 38.3. The minimum absolute atomic E-state index is 0.0583. The smallest absolute Gasteiger partial charge is 0.306 e. The summed E-state index contributed by atoms with van der Waals surface area (Å²) in [6.07, 6.45) is 41.6. The highest BCUT2D eigenvalue weighted by Gasteiger charge is 2.16. The van der Waals surface area contributed by atoms with Gasteiger partial charge in [0.2, 0.25) is 0 Å². The average molecular weight is 709 g/mol. The highest BCUT2D eigenvalue weighted by atomic mass is 16.6. The van der Waals surface area contributed by atoms with Gasteiger partial charge in [0.25, 0.3) is 0 Å². The molecule has 1 N–H and O–H groups in total. The second-order valence-corrected chi connectivity index (χ2v) is 16.0. The highest BCUT2D eigenvalue weighted by Crippen LogP contribution is 2.18. The van der Waals surface area contributed by atoms with Gasteiger partial charge in [-0.15, -0.1) is 0 Å². The zero-order valence-electron chi connectivity index (χ0n) is 34.3. The van der Waals surface area contributed by atoms with E-state index in [9.17, 15) is 14.7 Å². The largest absolute Gasteiger partial charge is 0.462 e. The molecule has 50 heavy (non-hydrogen) atoms. The summed E-state index contributed by atoms with van der Waals surface area (Å²) in [4.78, 5) is 24.3. The van der Waals surface area contributed by atoms with Crippen LogP contribution in [0.4, 0.5) is 0 Å². The fourth-order valence-electron chi connectivity index (χ4n) is 6.80. The van der Waals surface area contributed by atoms with Crippen molar-refractivity contribution in [3.8, 4) is 0 Å². The molecule has 2 unspecified atom stereocenters. The van der Waals surface area contributed by atoms with Crippen LogP contribution in [0.2, 0.25) is 0 Å². The van der Waals surface area contributed by atoms with E-state index in [2.05, 4.69) is 27.7 Å². The van der Waals surface area contributed by atoms with Crippen LogP contribution in [0, 0.1) is 11.8 Å². The van der Waals surface area contributed by atoms with E-state index in [0.717, 1.165) is 50.4 Å². The number of ether oxygens (including phenoxy) is 2. The summed E-state index contributed by atoms with van der Waals surface area (Å²) in [5.74, 6) is 1.22. The molecule has 0 aliphatic heterocycles. The first-order valence-electron chi connectivity index (χ1n) is 22.4. The van der Waals surface area contributed by atoms with Gasteiger partial charge in [0.05, 0.1) is 6.61 Å². The number of rotatable bonds is 40. The zero-order chi connectivity index (χ0) is 36.8. The van der Waals surface area contributed by atoms with Gasteiger partial charge in [0.15, 0.2) is 6.10 Å². The number of esters is 2. The van der Waals surface area contributed by atoms with Crippen LogP contribution in [0.3, 0.4) is 0 Å². The average Bonchev–Trinajstić information content (AvgIpc) is 3.12. The van der Waals surface area contributed by atoms with Crippen molar-refractivity contribution >= 4 is 11.9 Å². The second kappa shape index (κ2) is 39.1. The number of carbonyl (C=O) groups excluding carboxylic acids is 2. The maximum absolute atomic E-state index is 12.2. The molecule has 0 saturated carbocycles. The zero-order valence-corrected chi connectivity index (χ0v) is 34.3. The van der Waals surface area contributed by atoms with Crippen LogP contribution in [-0.4, -0.2) is 36.4 Å². The topological polar surface area (TPSA) is 72.8 Å². The van der Waals surface area contributed by atoms with Gasteiger partial charge in [-0.05, 0) is 24.7 Å².